The predicted molar refractivity (Wildman–Crippen MR) is 100 cm³/mol. The average molecular weight is 357 g/mol. The topological polar surface area (TPSA) is 63.7 Å². The Kier molecular flexibility index (Phi) is 6.72. The number of Topliss-reactive ketones (excluding diaryl/α,β-unsaturated/α-hetero) is 1. The number of likely N-dealkylation sites (tertiary alicyclic amines) is 1. The van der Waals surface area contributed by atoms with Crippen LogP contribution in [0.15, 0.2) is 36.4 Å². The van der Waals surface area contributed by atoms with Gasteiger partial charge in [0.15, 0.2) is 0 Å². The van der Waals surface area contributed by atoms with Crippen LogP contribution in [0.1, 0.15) is 45.6 Å². The van der Waals surface area contributed by atoms with E-state index in [-0.39, 0.29) is 6.61 Å². The van der Waals surface area contributed by atoms with Gasteiger partial charge in [0.1, 0.15) is 12.6 Å². The van der Waals surface area contributed by atoms with Gasteiger partial charge < -0.3 is 9.64 Å². The van der Waals surface area contributed by atoms with Crippen molar-refractivity contribution in [3.05, 3.63) is 42.0 Å². The Morgan fingerprint density at radius 2 is 1.92 bits per heavy atom. The molecule has 0 aromatic heterocycles. The molecule has 1 heterocycles. The Balaban J connectivity index is 1.92. The van der Waals surface area contributed by atoms with E-state index >= 15 is 0 Å². The van der Waals surface area contributed by atoms with Crippen LogP contribution in [0.5, 0.6) is 0 Å². The molecule has 0 saturated carbocycles. The summed E-state index contributed by atoms with van der Waals surface area (Å²) in [4.78, 5) is 38.7. The number of carbonyl (C=O) groups excluding carboxylic acids is 3. The summed E-state index contributed by atoms with van der Waals surface area (Å²) in [5.74, 6) is -1.46. The smallest absolute Gasteiger partial charge is 0.329 e. The summed E-state index contributed by atoms with van der Waals surface area (Å²) >= 11 is 0. The zero-order valence-electron chi connectivity index (χ0n) is 15.7. The first kappa shape index (κ1) is 19.9. The van der Waals surface area contributed by atoms with Crippen molar-refractivity contribution in [3.8, 4) is 0 Å². The summed E-state index contributed by atoms with van der Waals surface area (Å²) in [5.41, 5.74) is 0.306. The van der Waals surface area contributed by atoms with Crippen molar-refractivity contribution >= 4 is 23.7 Å². The molecular weight excluding hydrogens is 330 g/mol. The predicted octanol–water partition coefficient (Wildman–Crippen LogP) is 3.24. The van der Waals surface area contributed by atoms with E-state index in [1.807, 2.05) is 43.3 Å². The summed E-state index contributed by atoms with van der Waals surface area (Å²) < 4.78 is 5.29. The highest BCUT2D eigenvalue weighted by Gasteiger charge is 2.41. The van der Waals surface area contributed by atoms with E-state index in [1.54, 1.807) is 19.9 Å². The number of ketones is 1. The Morgan fingerprint density at radius 3 is 2.58 bits per heavy atom. The number of ether oxygens (including phenoxy) is 1. The molecule has 1 amide bonds. The van der Waals surface area contributed by atoms with Crippen molar-refractivity contribution < 1.29 is 19.1 Å². The lowest BCUT2D eigenvalue weighted by Crippen LogP contribution is -2.47. The molecule has 0 N–H and O–H groups in total. The van der Waals surface area contributed by atoms with Crippen LogP contribution < -0.4 is 0 Å². The van der Waals surface area contributed by atoms with E-state index < -0.39 is 29.1 Å². The minimum atomic E-state index is -0.716. The van der Waals surface area contributed by atoms with Gasteiger partial charge in [-0.25, -0.2) is 4.79 Å². The number of carbonyl (C=O) groups is 3. The molecule has 0 bridgehead atoms. The Bertz CT molecular complexity index is 679. The fraction of sp³-hybridized carbons (Fsp3) is 0.476. The van der Waals surface area contributed by atoms with Crippen LogP contribution in [0.3, 0.4) is 0 Å². The molecule has 1 saturated heterocycles. The van der Waals surface area contributed by atoms with Gasteiger partial charge in [0.25, 0.3) is 5.91 Å². The van der Waals surface area contributed by atoms with Crippen LogP contribution in [0.4, 0.5) is 0 Å². The van der Waals surface area contributed by atoms with Crippen molar-refractivity contribution in [1.82, 2.24) is 4.90 Å². The van der Waals surface area contributed by atoms with Crippen LogP contribution in [0.25, 0.3) is 6.08 Å². The Labute approximate surface area is 155 Å². The number of amides is 1. The maximum Gasteiger partial charge on any atom is 0.329 e. The first-order valence-electron chi connectivity index (χ1n) is 9.10. The lowest BCUT2D eigenvalue weighted by Gasteiger charge is -2.27. The maximum absolute atomic E-state index is 12.5. The zero-order valence-corrected chi connectivity index (χ0v) is 15.7. The molecule has 1 aliphatic heterocycles. The maximum atomic E-state index is 12.5. The van der Waals surface area contributed by atoms with E-state index in [2.05, 4.69) is 0 Å². The highest BCUT2D eigenvalue weighted by molar-refractivity contribution is 6.38. The van der Waals surface area contributed by atoms with Gasteiger partial charge in [-0.1, -0.05) is 57.2 Å². The van der Waals surface area contributed by atoms with Crippen LogP contribution in [-0.2, 0) is 19.1 Å². The van der Waals surface area contributed by atoms with Crippen LogP contribution >= 0.6 is 0 Å². The number of nitrogens with zero attached hydrogens (tertiary/aromatic N) is 1. The van der Waals surface area contributed by atoms with Crippen LogP contribution in [0.2, 0.25) is 0 Å². The molecule has 0 aliphatic carbocycles. The summed E-state index contributed by atoms with van der Waals surface area (Å²) in [5, 5.41) is 0. The molecular formula is C21H27NO4. The van der Waals surface area contributed by atoms with Gasteiger partial charge in [-0.2, -0.15) is 0 Å². The standard InChI is InChI=1S/C21H27NO4/c1-4-21(2,3)18(23)19(24)22-14-8-13-17(22)20(25)26-15-9-12-16-10-6-5-7-11-16/h5-7,9-12,17H,4,8,13-15H2,1-3H3/t17-/m0/s1. The van der Waals surface area contributed by atoms with Gasteiger partial charge in [0.2, 0.25) is 5.78 Å². The van der Waals surface area contributed by atoms with Gasteiger partial charge in [0, 0.05) is 12.0 Å². The van der Waals surface area contributed by atoms with E-state index in [1.165, 1.54) is 4.90 Å². The molecule has 140 valence electrons. The quantitative estimate of drug-likeness (QED) is 0.555. The van der Waals surface area contributed by atoms with Gasteiger partial charge in [-0.15, -0.1) is 0 Å². The molecule has 26 heavy (non-hydrogen) atoms. The van der Waals surface area contributed by atoms with E-state index in [0.29, 0.717) is 25.8 Å². The third-order valence-electron chi connectivity index (χ3n) is 4.91. The molecule has 1 aromatic carbocycles. The number of hydrogen-bond acceptors (Lipinski definition) is 4. The molecule has 5 nitrogen and oxygen atoms in total. The number of rotatable bonds is 7. The molecule has 0 spiro atoms. The third kappa shape index (κ3) is 4.81. The normalized spacial score (nSPS) is 17.5. The highest BCUT2D eigenvalue weighted by Crippen LogP contribution is 2.25. The van der Waals surface area contributed by atoms with Gasteiger partial charge in [-0.3, -0.25) is 9.59 Å². The van der Waals surface area contributed by atoms with E-state index in [9.17, 15) is 14.4 Å². The van der Waals surface area contributed by atoms with Crippen molar-refractivity contribution in [3.63, 3.8) is 0 Å². The minimum absolute atomic E-state index is 0.140. The highest BCUT2D eigenvalue weighted by atomic mass is 16.5. The fourth-order valence-corrected chi connectivity index (χ4v) is 2.81. The monoisotopic (exact) mass is 357 g/mol. The summed E-state index contributed by atoms with van der Waals surface area (Å²) in [6, 6.07) is 9.05. The third-order valence-corrected chi connectivity index (χ3v) is 4.91. The zero-order chi connectivity index (χ0) is 19.2. The molecule has 1 aromatic rings. The van der Waals surface area contributed by atoms with Gasteiger partial charge >= 0.3 is 5.97 Å². The second kappa shape index (κ2) is 8.79. The molecule has 5 heteroatoms. The fourth-order valence-electron chi connectivity index (χ4n) is 2.81. The second-order valence-corrected chi connectivity index (χ2v) is 7.17. The second-order valence-electron chi connectivity index (χ2n) is 7.17. The van der Waals surface area contributed by atoms with E-state index in [0.717, 1.165) is 5.56 Å². The van der Waals surface area contributed by atoms with Crippen LogP contribution in [0, 0.1) is 5.41 Å². The van der Waals surface area contributed by atoms with Crippen molar-refractivity contribution in [1.29, 1.82) is 0 Å². The summed E-state index contributed by atoms with van der Waals surface area (Å²) in [6.07, 6.45) is 5.45. The van der Waals surface area contributed by atoms with Gasteiger partial charge in [-0.05, 0) is 30.9 Å². The Morgan fingerprint density at radius 1 is 1.23 bits per heavy atom. The molecule has 1 aliphatic rings. The number of benzene rings is 1. The number of esters is 1. The molecule has 1 atom stereocenters. The lowest BCUT2D eigenvalue weighted by atomic mass is 9.84. The summed E-state index contributed by atoms with van der Waals surface area (Å²) in [6.45, 7) is 5.95. The van der Waals surface area contributed by atoms with Crippen LogP contribution in [-0.4, -0.2) is 41.8 Å². The SMILES string of the molecule is CCC(C)(C)C(=O)C(=O)N1CCC[C@H]1C(=O)OCC=Cc1ccccc1. The Hall–Kier alpha value is -2.43. The average Bonchev–Trinajstić information content (AvgIpc) is 3.14. The molecule has 0 radical (unpaired) electrons. The molecule has 0 unspecified atom stereocenters. The minimum Gasteiger partial charge on any atom is -0.460 e. The number of hydrogen-bond donors (Lipinski definition) is 0. The van der Waals surface area contributed by atoms with Crippen molar-refractivity contribution in [2.45, 2.75) is 46.1 Å². The van der Waals surface area contributed by atoms with E-state index in [4.69, 9.17) is 4.74 Å². The molecule has 1 fully saturated rings. The summed E-state index contributed by atoms with van der Waals surface area (Å²) in [7, 11) is 0. The van der Waals surface area contributed by atoms with Crippen molar-refractivity contribution in [2.75, 3.05) is 13.2 Å². The molecule has 2 rings (SSSR count). The first-order chi connectivity index (χ1) is 12.4. The largest absolute Gasteiger partial charge is 0.460 e. The van der Waals surface area contributed by atoms with Crippen molar-refractivity contribution in [2.24, 2.45) is 5.41 Å². The van der Waals surface area contributed by atoms with Gasteiger partial charge in [0.05, 0.1) is 0 Å². The first-order valence-corrected chi connectivity index (χ1v) is 9.10. The lowest BCUT2D eigenvalue weighted by molar-refractivity contribution is -0.156.